The van der Waals surface area contributed by atoms with E-state index in [1.807, 2.05) is 18.2 Å². The first kappa shape index (κ1) is 14.5. The maximum atomic E-state index is 12.3. The van der Waals surface area contributed by atoms with Gasteiger partial charge in [-0.2, -0.15) is 8.42 Å². The smallest absolute Gasteiger partial charge is 0.254 e. The normalized spacial score (nSPS) is 12.8. The lowest BCUT2D eigenvalue weighted by atomic mass is 10.1. The van der Waals surface area contributed by atoms with Gasteiger partial charge < -0.3 is 0 Å². The van der Waals surface area contributed by atoms with Gasteiger partial charge in [-0.3, -0.25) is 4.18 Å². The first-order valence-electron chi connectivity index (χ1n) is 6.21. The molecule has 2 aromatic carbocycles. The minimum atomic E-state index is -3.82. The van der Waals surface area contributed by atoms with Crippen LogP contribution in [-0.2, 0) is 14.3 Å². The monoisotopic (exact) mass is 288 g/mol. The average molecular weight is 288 g/mol. The molecule has 0 aromatic heterocycles. The summed E-state index contributed by atoms with van der Waals surface area (Å²) in [6, 6.07) is 15.9. The fourth-order valence-corrected chi connectivity index (χ4v) is 3.17. The SMILES string of the molecule is C=CC(OS(=O)(=O)c1ccccc1C)c1ccccc1. The van der Waals surface area contributed by atoms with Crippen molar-refractivity contribution in [3.63, 3.8) is 0 Å². The number of hydrogen-bond donors (Lipinski definition) is 0. The zero-order valence-corrected chi connectivity index (χ0v) is 12.0. The molecule has 0 saturated heterocycles. The van der Waals surface area contributed by atoms with Crippen molar-refractivity contribution in [1.29, 1.82) is 0 Å². The van der Waals surface area contributed by atoms with Crippen molar-refractivity contribution >= 4 is 10.1 Å². The molecular weight excluding hydrogens is 272 g/mol. The van der Waals surface area contributed by atoms with Crippen LogP contribution in [0.25, 0.3) is 0 Å². The molecule has 0 saturated carbocycles. The van der Waals surface area contributed by atoms with Crippen LogP contribution in [0.5, 0.6) is 0 Å². The Labute approximate surface area is 119 Å². The van der Waals surface area contributed by atoms with E-state index in [1.165, 1.54) is 12.1 Å². The van der Waals surface area contributed by atoms with E-state index in [1.54, 1.807) is 37.3 Å². The van der Waals surface area contributed by atoms with E-state index in [0.29, 0.717) is 5.56 Å². The van der Waals surface area contributed by atoms with Gasteiger partial charge in [0.15, 0.2) is 0 Å². The lowest BCUT2D eigenvalue weighted by molar-refractivity contribution is 0.261. The summed E-state index contributed by atoms with van der Waals surface area (Å²) < 4.78 is 29.9. The summed E-state index contributed by atoms with van der Waals surface area (Å²) in [6.07, 6.45) is 0.784. The molecule has 3 nitrogen and oxygen atoms in total. The zero-order valence-electron chi connectivity index (χ0n) is 11.2. The van der Waals surface area contributed by atoms with Gasteiger partial charge in [0.1, 0.15) is 6.10 Å². The van der Waals surface area contributed by atoms with Gasteiger partial charge in [0.05, 0.1) is 4.90 Å². The van der Waals surface area contributed by atoms with E-state index in [4.69, 9.17) is 4.18 Å². The van der Waals surface area contributed by atoms with Crippen LogP contribution in [0.15, 0.2) is 72.1 Å². The van der Waals surface area contributed by atoms with Crippen LogP contribution in [0.2, 0.25) is 0 Å². The summed E-state index contributed by atoms with van der Waals surface area (Å²) in [4.78, 5) is 0.183. The summed E-state index contributed by atoms with van der Waals surface area (Å²) >= 11 is 0. The molecule has 0 spiro atoms. The topological polar surface area (TPSA) is 43.4 Å². The second kappa shape index (κ2) is 6.03. The second-order valence-electron chi connectivity index (χ2n) is 4.38. The Morgan fingerprint density at radius 2 is 1.65 bits per heavy atom. The molecule has 0 amide bonds. The lowest BCUT2D eigenvalue weighted by Crippen LogP contribution is -2.12. The van der Waals surface area contributed by atoms with Crippen molar-refractivity contribution < 1.29 is 12.6 Å². The third-order valence-electron chi connectivity index (χ3n) is 2.94. The fraction of sp³-hybridized carbons (Fsp3) is 0.125. The summed E-state index contributed by atoms with van der Waals surface area (Å²) in [5.41, 5.74) is 1.41. The molecule has 2 rings (SSSR count). The van der Waals surface area contributed by atoms with Crippen LogP contribution in [0, 0.1) is 6.92 Å². The third-order valence-corrected chi connectivity index (χ3v) is 4.39. The van der Waals surface area contributed by atoms with Crippen molar-refractivity contribution in [2.45, 2.75) is 17.9 Å². The predicted molar refractivity (Wildman–Crippen MR) is 78.8 cm³/mol. The van der Waals surface area contributed by atoms with Gasteiger partial charge in [-0.15, -0.1) is 6.58 Å². The van der Waals surface area contributed by atoms with Gasteiger partial charge in [0.25, 0.3) is 10.1 Å². The quantitative estimate of drug-likeness (QED) is 0.623. The largest absolute Gasteiger partial charge is 0.298 e. The molecule has 0 aliphatic heterocycles. The van der Waals surface area contributed by atoms with Crippen LogP contribution in [0.1, 0.15) is 17.2 Å². The summed E-state index contributed by atoms with van der Waals surface area (Å²) in [6.45, 7) is 5.39. The molecular formula is C16H16O3S. The van der Waals surface area contributed by atoms with Gasteiger partial charge in [-0.05, 0) is 24.1 Å². The molecule has 104 valence electrons. The van der Waals surface area contributed by atoms with E-state index >= 15 is 0 Å². The number of benzene rings is 2. The maximum Gasteiger partial charge on any atom is 0.298 e. The highest BCUT2D eigenvalue weighted by Gasteiger charge is 2.22. The van der Waals surface area contributed by atoms with Crippen molar-refractivity contribution in [2.75, 3.05) is 0 Å². The van der Waals surface area contributed by atoms with Gasteiger partial charge in [-0.25, -0.2) is 0 Å². The number of hydrogen-bond acceptors (Lipinski definition) is 3. The fourth-order valence-electron chi connectivity index (χ4n) is 1.90. The Hall–Kier alpha value is -1.91. The molecule has 0 heterocycles. The van der Waals surface area contributed by atoms with Crippen LogP contribution >= 0.6 is 0 Å². The Balaban J connectivity index is 2.32. The molecule has 1 atom stereocenters. The van der Waals surface area contributed by atoms with Gasteiger partial charge >= 0.3 is 0 Å². The van der Waals surface area contributed by atoms with E-state index in [2.05, 4.69) is 6.58 Å². The maximum absolute atomic E-state index is 12.3. The standard InChI is InChI=1S/C16H16O3S/c1-3-15(14-10-5-4-6-11-14)19-20(17,18)16-12-8-7-9-13(16)2/h3-12,15H,1H2,2H3. The first-order valence-corrected chi connectivity index (χ1v) is 7.62. The molecule has 0 fully saturated rings. The van der Waals surface area contributed by atoms with E-state index in [9.17, 15) is 8.42 Å². The zero-order chi connectivity index (χ0) is 14.6. The molecule has 0 radical (unpaired) electrons. The van der Waals surface area contributed by atoms with E-state index in [-0.39, 0.29) is 4.90 Å². The van der Waals surface area contributed by atoms with Crippen LogP contribution in [-0.4, -0.2) is 8.42 Å². The molecule has 0 aliphatic rings. The average Bonchev–Trinajstić information content (AvgIpc) is 2.46. The van der Waals surface area contributed by atoms with Crippen molar-refractivity contribution in [3.05, 3.63) is 78.4 Å². The lowest BCUT2D eigenvalue weighted by Gasteiger charge is -2.15. The molecule has 20 heavy (non-hydrogen) atoms. The molecule has 0 bridgehead atoms. The van der Waals surface area contributed by atoms with Crippen LogP contribution in [0.4, 0.5) is 0 Å². The van der Waals surface area contributed by atoms with Crippen LogP contribution < -0.4 is 0 Å². The molecule has 0 N–H and O–H groups in total. The summed E-state index contributed by atoms with van der Waals surface area (Å²) in [7, 11) is -3.82. The molecule has 1 unspecified atom stereocenters. The summed E-state index contributed by atoms with van der Waals surface area (Å²) in [5.74, 6) is 0. The highest BCUT2D eigenvalue weighted by Crippen LogP contribution is 2.25. The van der Waals surface area contributed by atoms with Gasteiger partial charge in [0.2, 0.25) is 0 Å². The molecule has 4 heteroatoms. The van der Waals surface area contributed by atoms with Crippen molar-refractivity contribution in [1.82, 2.24) is 0 Å². The molecule has 2 aromatic rings. The Morgan fingerprint density at radius 3 is 2.25 bits per heavy atom. The van der Waals surface area contributed by atoms with Crippen molar-refractivity contribution in [3.8, 4) is 0 Å². The second-order valence-corrected chi connectivity index (χ2v) is 5.92. The van der Waals surface area contributed by atoms with E-state index < -0.39 is 16.2 Å². The van der Waals surface area contributed by atoms with E-state index in [0.717, 1.165) is 5.56 Å². The Kier molecular flexibility index (Phi) is 4.37. The third kappa shape index (κ3) is 3.15. The van der Waals surface area contributed by atoms with Crippen molar-refractivity contribution in [2.24, 2.45) is 0 Å². The Bertz CT molecular complexity index is 691. The predicted octanol–water partition coefficient (Wildman–Crippen LogP) is 3.63. The van der Waals surface area contributed by atoms with Crippen LogP contribution in [0.3, 0.4) is 0 Å². The minimum Gasteiger partial charge on any atom is -0.254 e. The minimum absolute atomic E-state index is 0.183. The number of rotatable bonds is 5. The Morgan fingerprint density at radius 1 is 1.05 bits per heavy atom. The molecule has 0 aliphatic carbocycles. The van der Waals surface area contributed by atoms with Gasteiger partial charge in [0, 0.05) is 0 Å². The first-order chi connectivity index (χ1) is 9.54. The highest BCUT2D eigenvalue weighted by molar-refractivity contribution is 7.86. The highest BCUT2D eigenvalue weighted by atomic mass is 32.2. The number of aryl methyl sites for hydroxylation is 1. The van der Waals surface area contributed by atoms with Gasteiger partial charge in [-0.1, -0.05) is 54.6 Å². The summed E-state index contributed by atoms with van der Waals surface area (Å²) in [5, 5.41) is 0.